The Bertz CT molecular complexity index is 305. The Morgan fingerprint density at radius 3 is 3.25 bits per heavy atom. The number of nitrogens with two attached hydrogens (primary N) is 1. The molecular formula is C7H8N4O. The highest BCUT2D eigenvalue weighted by atomic mass is 16.1. The molecule has 62 valence electrons. The number of nitrogens with one attached hydrogen (secondary N) is 1. The van der Waals surface area contributed by atoms with Crippen LogP contribution in [0.15, 0.2) is 22.2 Å². The zero-order chi connectivity index (χ0) is 8.55. The molecule has 0 aromatic rings. The molecule has 2 aliphatic rings. The molecule has 1 amide bonds. The van der Waals surface area contributed by atoms with E-state index in [-0.39, 0.29) is 12.1 Å². The zero-order valence-electron chi connectivity index (χ0n) is 6.27. The first-order chi connectivity index (χ1) is 5.77. The van der Waals surface area contributed by atoms with Crippen molar-refractivity contribution in [2.24, 2.45) is 21.7 Å². The first-order valence-electron chi connectivity index (χ1n) is 3.62. The molecule has 5 heteroatoms. The standard InChI is InChI=1S/C7H8N4O/c8-6(12)5-2-1-4-3-9-11-7(4)10-5/h1-4,7,11H,(H2,8,12). The molecule has 0 bridgehead atoms. The maximum atomic E-state index is 10.7. The molecule has 2 rings (SSSR count). The van der Waals surface area contributed by atoms with Gasteiger partial charge in [-0.2, -0.15) is 5.10 Å². The fourth-order valence-corrected chi connectivity index (χ4v) is 1.18. The second-order valence-corrected chi connectivity index (χ2v) is 2.67. The second kappa shape index (κ2) is 2.44. The van der Waals surface area contributed by atoms with Gasteiger partial charge in [-0.1, -0.05) is 6.08 Å². The van der Waals surface area contributed by atoms with Gasteiger partial charge in [0, 0.05) is 6.21 Å². The minimum absolute atomic E-state index is 0.141. The van der Waals surface area contributed by atoms with E-state index in [1.54, 1.807) is 12.3 Å². The Morgan fingerprint density at radius 1 is 1.67 bits per heavy atom. The number of nitrogens with zero attached hydrogens (tertiary/aromatic N) is 2. The van der Waals surface area contributed by atoms with Crippen LogP contribution in [-0.2, 0) is 4.79 Å². The molecule has 0 aliphatic carbocycles. The summed E-state index contributed by atoms with van der Waals surface area (Å²) in [6.45, 7) is 0. The summed E-state index contributed by atoms with van der Waals surface area (Å²) in [6, 6.07) is 0. The third-order valence-corrected chi connectivity index (χ3v) is 1.82. The largest absolute Gasteiger partial charge is 0.364 e. The van der Waals surface area contributed by atoms with E-state index in [4.69, 9.17) is 5.73 Å². The van der Waals surface area contributed by atoms with Crippen LogP contribution < -0.4 is 11.2 Å². The van der Waals surface area contributed by atoms with Gasteiger partial charge >= 0.3 is 0 Å². The lowest BCUT2D eigenvalue weighted by Gasteiger charge is -2.14. The molecule has 0 aromatic carbocycles. The first-order valence-corrected chi connectivity index (χ1v) is 3.62. The van der Waals surface area contributed by atoms with Gasteiger partial charge < -0.3 is 5.73 Å². The van der Waals surface area contributed by atoms with E-state index in [2.05, 4.69) is 15.5 Å². The molecule has 2 unspecified atom stereocenters. The highest BCUT2D eigenvalue weighted by Crippen LogP contribution is 2.14. The van der Waals surface area contributed by atoms with Crippen LogP contribution in [0, 0.1) is 5.92 Å². The van der Waals surface area contributed by atoms with Crippen LogP contribution in [0.5, 0.6) is 0 Å². The van der Waals surface area contributed by atoms with Crippen LogP contribution in [0.1, 0.15) is 0 Å². The smallest absolute Gasteiger partial charge is 0.266 e. The van der Waals surface area contributed by atoms with Crippen LogP contribution in [-0.4, -0.2) is 24.0 Å². The molecule has 2 atom stereocenters. The molecule has 0 fully saturated rings. The van der Waals surface area contributed by atoms with Crippen molar-refractivity contribution in [2.75, 3.05) is 0 Å². The van der Waals surface area contributed by atoms with Crippen LogP contribution in [0.2, 0.25) is 0 Å². The van der Waals surface area contributed by atoms with E-state index in [1.165, 1.54) is 0 Å². The van der Waals surface area contributed by atoms with Crippen molar-refractivity contribution in [1.29, 1.82) is 0 Å². The Labute approximate surface area is 69.0 Å². The van der Waals surface area contributed by atoms with Crippen LogP contribution in [0.25, 0.3) is 0 Å². The average molecular weight is 164 g/mol. The Morgan fingerprint density at radius 2 is 2.50 bits per heavy atom. The summed E-state index contributed by atoms with van der Waals surface area (Å²) in [7, 11) is 0. The molecule has 0 spiro atoms. The maximum absolute atomic E-state index is 10.7. The molecule has 3 N–H and O–H groups in total. The lowest BCUT2D eigenvalue weighted by atomic mass is 10.0. The summed E-state index contributed by atoms with van der Waals surface area (Å²) in [5, 5.41) is 3.84. The summed E-state index contributed by atoms with van der Waals surface area (Å²) in [4.78, 5) is 14.8. The lowest BCUT2D eigenvalue weighted by Crippen LogP contribution is -2.32. The van der Waals surface area contributed by atoms with Crippen LogP contribution >= 0.6 is 0 Å². The van der Waals surface area contributed by atoms with Crippen molar-refractivity contribution < 1.29 is 4.79 Å². The van der Waals surface area contributed by atoms with Crippen LogP contribution in [0.3, 0.4) is 0 Å². The lowest BCUT2D eigenvalue weighted by molar-refractivity contribution is -0.111. The molecule has 0 aromatic heterocycles. The van der Waals surface area contributed by atoms with Gasteiger partial charge in [0.1, 0.15) is 11.9 Å². The number of hydrogen-bond acceptors (Lipinski definition) is 4. The second-order valence-electron chi connectivity index (χ2n) is 2.67. The number of amides is 1. The van der Waals surface area contributed by atoms with Gasteiger partial charge in [-0.05, 0) is 6.08 Å². The molecular weight excluding hydrogens is 156 g/mol. The Balaban J connectivity index is 2.23. The predicted octanol–water partition coefficient (Wildman–Crippen LogP) is -0.986. The average Bonchev–Trinajstić information content (AvgIpc) is 2.49. The van der Waals surface area contributed by atoms with E-state index < -0.39 is 5.91 Å². The van der Waals surface area contributed by atoms with Crippen molar-refractivity contribution in [1.82, 2.24) is 5.43 Å². The number of rotatable bonds is 1. The van der Waals surface area contributed by atoms with E-state index in [0.717, 1.165) is 0 Å². The summed E-state index contributed by atoms with van der Waals surface area (Å²) in [6.07, 6.45) is 5.10. The number of dihydropyridines is 1. The maximum Gasteiger partial charge on any atom is 0.266 e. The molecule has 2 aliphatic heterocycles. The summed E-state index contributed by atoms with van der Waals surface area (Å²) < 4.78 is 0. The fraction of sp³-hybridized carbons (Fsp3) is 0.286. The summed E-state index contributed by atoms with van der Waals surface area (Å²) >= 11 is 0. The zero-order valence-corrected chi connectivity index (χ0v) is 6.27. The van der Waals surface area contributed by atoms with Crippen molar-refractivity contribution in [2.45, 2.75) is 6.17 Å². The van der Waals surface area contributed by atoms with Gasteiger partial charge in [0.15, 0.2) is 0 Å². The normalized spacial score (nSPS) is 30.8. The van der Waals surface area contributed by atoms with E-state index >= 15 is 0 Å². The SMILES string of the molecule is NC(=O)C1=NC2NN=CC2C=C1. The number of primary amides is 1. The number of fused-ring (bicyclic) bond motifs is 1. The first kappa shape index (κ1) is 7.02. The molecule has 0 saturated carbocycles. The van der Waals surface area contributed by atoms with E-state index in [0.29, 0.717) is 5.71 Å². The van der Waals surface area contributed by atoms with E-state index in [9.17, 15) is 4.79 Å². The quantitative estimate of drug-likeness (QED) is 0.522. The highest BCUT2D eigenvalue weighted by molar-refractivity contribution is 6.43. The van der Waals surface area contributed by atoms with Gasteiger partial charge in [-0.3, -0.25) is 15.2 Å². The van der Waals surface area contributed by atoms with Crippen molar-refractivity contribution >= 4 is 17.8 Å². The summed E-state index contributed by atoms with van der Waals surface area (Å²) in [5.41, 5.74) is 8.13. The van der Waals surface area contributed by atoms with Gasteiger partial charge in [0.05, 0.1) is 5.92 Å². The number of aliphatic imine (C=N–C) groups is 1. The molecule has 0 radical (unpaired) electrons. The van der Waals surface area contributed by atoms with Gasteiger partial charge in [0.25, 0.3) is 5.91 Å². The summed E-state index contributed by atoms with van der Waals surface area (Å²) in [5.74, 6) is -0.341. The number of hydrazone groups is 1. The number of hydrogen-bond donors (Lipinski definition) is 2. The third kappa shape index (κ3) is 0.990. The van der Waals surface area contributed by atoms with E-state index in [1.807, 2.05) is 6.08 Å². The van der Waals surface area contributed by atoms with Gasteiger partial charge in [-0.25, -0.2) is 0 Å². The number of carbonyl (C=O) groups excluding carboxylic acids is 1. The molecule has 0 saturated heterocycles. The van der Waals surface area contributed by atoms with Crippen molar-refractivity contribution in [3.05, 3.63) is 12.2 Å². The predicted molar refractivity (Wildman–Crippen MR) is 44.7 cm³/mol. The molecule has 2 heterocycles. The highest BCUT2D eigenvalue weighted by Gasteiger charge is 2.25. The molecule has 12 heavy (non-hydrogen) atoms. The monoisotopic (exact) mass is 164 g/mol. The Kier molecular flexibility index (Phi) is 1.43. The molecule has 5 nitrogen and oxygen atoms in total. The minimum atomic E-state index is -0.501. The number of carbonyl (C=O) groups is 1. The minimum Gasteiger partial charge on any atom is -0.364 e. The van der Waals surface area contributed by atoms with Crippen molar-refractivity contribution in [3.63, 3.8) is 0 Å². The Hall–Kier alpha value is -1.65. The van der Waals surface area contributed by atoms with Crippen LogP contribution in [0.4, 0.5) is 0 Å². The fourth-order valence-electron chi connectivity index (χ4n) is 1.18. The van der Waals surface area contributed by atoms with Gasteiger partial charge in [0.2, 0.25) is 0 Å². The third-order valence-electron chi connectivity index (χ3n) is 1.82. The van der Waals surface area contributed by atoms with Gasteiger partial charge in [-0.15, -0.1) is 0 Å². The van der Waals surface area contributed by atoms with Crippen molar-refractivity contribution in [3.8, 4) is 0 Å². The topological polar surface area (TPSA) is 79.8 Å².